The summed E-state index contributed by atoms with van der Waals surface area (Å²) in [4.78, 5) is 14.9. The molecule has 0 aliphatic rings. The Labute approximate surface area is 79.7 Å². The van der Waals surface area contributed by atoms with Gasteiger partial charge in [-0.25, -0.2) is 15.0 Å². The van der Waals surface area contributed by atoms with Crippen molar-refractivity contribution in [1.29, 1.82) is 0 Å². The van der Waals surface area contributed by atoms with Crippen LogP contribution >= 0.6 is 12.2 Å². The van der Waals surface area contributed by atoms with Gasteiger partial charge in [-0.2, -0.15) is 0 Å². The lowest BCUT2D eigenvalue weighted by Gasteiger charge is -1.97. The molecule has 2 aromatic heterocycles. The molecule has 5 heteroatoms. The number of aromatic nitrogens is 4. The number of rotatable bonds is 1. The SMILES string of the molecule is S=c1ccnc(-c2ccncn2)[nH]1. The summed E-state index contributed by atoms with van der Waals surface area (Å²) >= 11 is 4.96. The fraction of sp³-hybridized carbons (Fsp3) is 0. The van der Waals surface area contributed by atoms with Crippen LogP contribution < -0.4 is 0 Å². The monoisotopic (exact) mass is 190 g/mol. The summed E-state index contributed by atoms with van der Waals surface area (Å²) in [5, 5.41) is 0. The predicted octanol–water partition coefficient (Wildman–Crippen LogP) is 1.60. The summed E-state index contributed by atoms with van der Waals surface area (Å²) in [5.41, 5.74) is 0.738. The van der Waals surface area contributed by atoms with Crippen LogP contribution in [0, 0.1) is 4.64 Å². The Morgan fingerprint density at radius 3 is 2.77 bits per heavy atom. The summed E-state index contributed by atoms with van der Waals surface area (Å²) in [5.74, 6) is 0.662. The van der Waals surface area contributed by atoms with Crippen LogP contribution in [-0.2, 0) is 0 Å². The van der Waals surface area contributed by atoms with E-state index in [0.717, 1.165) is 5.69 Å². The summed E-state index contributed by atoms with van der Waals surface area (Å²) in [6, 6.07) is 3.49. The topological polar surface area (TPSA) is 54.5 Å². The molecular formula is C8H6N4S. The highest BCUT2D eigenvalue weighted by atomic mass is 32.1. The predicted molar refractivity (Wildman–Crippen MR) is 50.4 cm³/mol. The number of nitrogens with one attached hydrogen (secondary N) is 1. The second-order valence-electron chi connectivity index (χ2n) is 2.38. The minimum Gasteiger partial charge on any atom is -0.329 e. The Hall–Kier alpha value is -1.62. The molecule has 13 heavy (non-hydrogen) atoms. The van der Waals surface area contributed by atoms with Gasteiger partial charge in [-0.05, 0) is 12.1 Å². The second kappa shape index (κ2) is 3.40. The molecule has 2 heterocycles. The van der Waals surface area contributed by atoms with Crippen LogP contribution in [0.4, 0.5) is 0 Å². The first-order chi connectivity index (χ1) is 6.36. The molecule has 1 N–H and O–H groups in total. The Bertz CT molecular complexity index is 451. The normalized spacial score (nSPS) is 9.85. The number of nitrogens with zero attached hydrogens (tertiary/aromatic N) is 3. The van der Waals surface area contributed by atoms with E-state index in [0.29, 0.717) is 10.5 Å². The van der Waals surface area contributed by atoms with Gasteiger partial charge >= 0.3 is 0 Å². The first-order valence-corrected chi connectivity index (χ1v) is 4.09. The van der Waals surface area contributed by atoms with Crippen LogP contribution in [0.3, 0.4) is 0 Å². The molecule has 4 nitrogen and oxygen atoms in total. The number of aromatic amines is 1. The lowest BCUT2D eigenvalue weighted by molar-refractivity contribution is 1.09. The first kappa shape index (κ1) is 8.00. The van der Waals surface area contributed by atoms with E-state index >= 15 is 0 Å². The molecule has 2 aromatic rings. The molecule has 0 fully saturated rings. The zero-order chi connectivity index (χ0) is 9.10. The molecule has 0 aliphatic heterocycles. The third-order valence-corrected chi connectivity index (χ3v) is 1.73. The van der Waals surface area contributed by atoms with Crippen molar-refractivity contribution < 1.29 is 0 Å². The maximum atomic E-state index is 4.96. The van der Waals surface area contributed by atoms with Crippen molar-refractivity contribution in [1.82, 2.24) is 19.9 Å². The van der Waals surface area contributed by atoms with Gasteiger partial charge in [0.2, 0.25) is 0 Å². The first-order valence-electron chi connectivity index (χ1n) is 3.68. The zero-order valence-electron chi connectivity index (χ0n) is 6.64. The van der Waals surface area contributed by atoms with Crippen LogP contribution in [0.25, 0.3) is 11.5 Å². The van der Waals surface area contributed by atoms with Crippen LogP contribution in [0.2, 0.25) is 0 Å². The van der Waals surface area contributed by atoms with Crippen LogP contribution in [0.5, 0.6) is 0 Å². The maximum Gasteiger partial charge on any atom is 0.157 e. The number of hydrogen-bond donors (Lipinski definition) is 1. The zero-order valence-corrected chi connectivity index (χ0v) is 7.45. The molecule has 0 bridgehead atoms. The van der Waals surface area contributed by atoms with E-state index in [1.165, 1.54) is 6.33 Å². The molecule has 0 unspecified atom stereocenters. The lowest BCUT2D eigenvalue weighted by atomic mass is 10.4. The third-order valence-electron chi connectivity index (χ3n) is 1.50. The van der Waals surface area contributed by atoms with Crippen LogP contribution in [-0.4, -0.2) is 19.9 Å². The van der Waals surface area contributed by atoms with E-state index in [9.17, 15) is 0 Å². The average molecular weight is 190 g/mol. The molecule has 0 saturated heterocycles. The summed E-state index contributed by atoms with van der Waals surface area (Å²) in [6.45, 7) is 0. The fourth-order valence-corrected chi connectivity index (χ4v) is 1.09. The summed E-state index contributed by atoms with van der Waals surface area (Å²) in [7, 11) is 0. The molecule has 0 radical (unpaired) electrons. The summed E-state index contributed by atoms with van der Waals surface area (Å²) < 4.78 is 0.642. The summed E-state index contributed by atoms with van der Waals surface area (Å²) in [6.07, 6.45) is 4.78. The average Bonchev–Trinajstić information content (AvgIpc) is 2.19. The van der Waals surface area contributed by atoms with Gasteiger partial charge in [0.1, 0.15) is 16.7 Å². The van der Waals surface area contributed by atoms with Crippen molar-refractivity contribution in [2.24, 2.45) is 0 Å². The van der Waals surface area contributed by atoms with Crippen LogP contribution in [0.1, 0.15) is 0 Å². The van der Waals surface area contributed by atoms with Gasteiger partial charge in [-0.1, -0.05) is 12.2 Å². The van der Waals surface area contributed by atoms with Crippen molar-refractivity contribution in [3.8, 4) is 11.5 Å². The lowest BCUT2D eigenvalue weighted by Crippen LogP contribution is -1.90. The highest BCUT2D eigenvalue weighted by Gasteiger charge is 1.97. The maximum absolute atomic E-state index is 4.96. The van der Waals surface area contributed by atoms with Gasteiger partial charge in [-0.15, -0.1) is 0 Å². The molecule has 0 amide bonds. The highest BCUT2D eigenvalue weighted by Crippen LogP contribution is 2.07. The molecule has 64 valence electrons. The molecule has 0 saturated carbocycles. The van der Waals surface area contributed by atoms with Gasteiger partial charge < -0.3 is 4.98 Å². The Balaban J connectivity index is 2.54. The van der Waals surface area contributed by atoms with Crippen molar-refractivity contribution >= 4 is 12.2 Å². The molecule has 0 aromatic carbocycles. The van der Waals surface area contributed by atoms with Crippen molar-refractivity contribution in [2.75, 3.05) is 0 Å². The van der Waals surface area contributed by atoms with Gasteiger partial charge in [-0.3, -0.25) is 0 Å². The Morgan fingerprint density at radius 1 is 1.15 bits per heavy atom. The molecule has 0 spiro atoms. The highest BCUT2D eigenvalue weighted by molar-refractivity contribution is 7.71. The van der Waals surface area contributed by atoms with E-state index in [1.807, 2.05) is 0 Å². The fourth-order valence-electron chi connectivity index (χ4n) is 0.931. The van der Waals surface area contributed by atoms with Gasteiger partial charge in [0.05, 0.1) is 0 Å². The molecule has 0 aliphatic carbocycles. The van der Waals surface area contributed by atoms with E-state index < -0.39 is 0 Å². The number of hydrogen-bond acceptors (Lipinski definition) is 4. The van der Waals surface area contributed by atoms with Gasteiger partial charge in [0.15, 0.2) is 5.82 Å². The van der Waals surface area contributed by atoms with Crippen molar-refractivity contribution in [2.45, 2.75) is 0 Å². The minimum atomic E-state index is 0.642. The molecular weight excluding hydrogens is 184 g/mol. The van der Waals surface area contributed by atoms with Crippen molar-refractivity contribution in [3.63, 3.8) is 0 Å². The quantitative estimate of drug-likeness (QED) is 0.694. The van der Waals surface area contributed by atoms with E-state index in [4.69, 9.17) is 12.2 Å². The van der Waals surface area contributed by atoms with Gasteiger partial charge in [0.25, 0.3) is 0 Å². The second-order valence-corrected chi connectivity index (χ2v) is 2.82. The minimum absolute atomic E-state index is 0.642. The van der Waals surface area contributed by atoms with Gasteiger partial charge in [0, 0.05) is 12.4 Å². The number of H-pyrrole nitrogens is 1. The third kappa shape index (κ3) is 1.75. The Kier molecular flexibility index (Phi) is 2.09. The van der Waals surface area contributed by atoms with E-state index in [-0.39, 0.29) is 0 Å². The smallest absolute Gasteiger partial charge is 0.157 e. The van der Waals surface area contributed by atoms with Crippen LogP contribution in [0.15, 0.2) is 30.9 Å². The molecule has 0 atom stereocenters. The Morgan fingerprint density at radius 2 is 2.08 bits per heavy atom. The largest absolute Gasteiger partial charge is 0.329 e. The van der Waals surface area contributed by atoms with E-state index in [2.05, 4.69) is 19.9 Å². The van der Waals surface area contributed by atoms with E-state index in [1.54, 1.807) is 24.5 Å². The van der Waals surface area contributed by atoms with Crippen molar-refractivity contribution in [3.05, 3.63) is 35.5 Å². The molecule has 2 rings (SSSR count). The standard InChI is InChI=1S/C8H6N4S/c13-7-2-4-10-8(12-7)6-1-3-9-5-11-6/h1-5H,(H,10,12,13).